The van der Waals surface area contributed by atoms with Gasteiger partial charge in [-0.2, -0.15) is 0 Å². The lowest BCUT2D eigenvalue weighted by atomic mass is 9.96. The molecule has 3 aromatic rings. The fourth-order valence-corrected chi connectivity index (χ4v) is 3.92. The van der Waals surface area contributed by atoms with Gasteiger partial charge in [-0.1, -0.05) is 23.8 Å². The molecular formula is C25H27NO7S. The molecule has 0 spiro atoms. The van der Waals surface area contributed by atoms with Crippen LogP contribution in [0, 0.1) is 0 Å². The molecule has 0 saturated heterocycles. The number of nitrogens with two attached hydrogens (primary N) is 1. The predicted molar refractivity (Wildman–Crippen MR) is 130 cm³/mol. The van der Waals surface area contributed by atoms with Gasteiger partial charge in [0.1, 0.15) is 12.4 Å². The minimum atomic E-state index is -3.84. The minimum absolute atomic E-state index is 0.0367. The molecule has 34 heavy (non-hydrogen) atoms. The molecule has 9 heteroatoms. The molecular weight excluding hydrogens is 458 g/mol. The summed E-state index contributed by atoms with van der Waals surface area (Å²) in [5, 5.41) is 26.7. The van der Waals surface area contributed by atoms with Crippen molar-refractivity contribution in [3.63, 3.8) is 0 Å². The van der Waals surface area contributed by atoms with Gasteiger partial charge in [0, 0.05) is 5.56 Å². The van der Waals surface area contributed by atoms with Crippen LogP contribution in [-0.4, -0.2) is 39.5 Å². The standard InChI is InChI=1S/C25H27NO7S/c1-15(2)11-12-33-21-10-7-17(13-20(21)27)23-22(31-3)14-19(25(32-4)24(23)28)16-5-8-18(9-6-16)34(26,29)30/h5-11,13-14,27-28H,12H2,1-4H3,(H2,26,29,30). The molecule has 0 atom stereocenters. The summed E-state index contributed by atoms with van der Waals surface area (Å²) in [5.74, 6) is 0.481. The summed E-state index contributed by atoms with van der Waals surface area (Å²) in [6, 6.07) is 12.3. The number of allylic oxidation sites excluding steroid dienone is 1. The van der Waals surface area contributed by atoms with Crippen molar-refractivity contribution < 1.29 is 32.8 Å². The number of phenolic OH excluding ortho intramolecular Hbond substituents is 2. The maximum absolute atomic E-state index is 11.6. The number of rotatable bonds is 8. The van der Waals surface area contributed by atoms with Gasteiger partial charge in [0.15, 0.2) is 23.0 Å². The smallest absolute Gasteiger partial charge is 0.238 e. The van der Waals surface area contributed by atoms with Gasteiger partial charge in [-0.25, -0.2) is 13.6 Å². The van der Waals surface area contributed by atoms with E-state index in [0.29, 0.717) is 40.4 Å². The molecule has 3 rings (SSSR count). The lowest BCUT2D eigenvalue weighted by molar-refractivity contribution is 0.335. The fourth-order valence-electron chi connectivity index (χ4n) is 3.40. The number of methoxy groups -OCH3 is 2. The van der Waals surface area contributed by atoms with Crippen molar-refractivity contribution in [3.8, 4) is 51.0 Å². The Morgan fingerprint density at radius 2 is 1.59 bits per heavy atom. The second kappa shape index (κ2) is 10.1. The molecule has 0 aliphatic heterocycles. The first-order valence-electron chi connectivity index (χ1n) is 10.3. The third-order valence-electron chi connectivity index (χ3n) is 5.11. The van der Waals surface area contributed by atoms with Gasteiger partial charge in [0.2, 0.25) is 10.0 Å². The van der Waals surface area contributed by atoms with E-state index >= 15 is 0 Å². The second-order valence-corrected chi connectivity index (χ2v) is 9.29. The number of primary sulfonamides is 1. The third kappa shape index (κ3) is 5.27. The van der Waals surface area contributed by atoms with E-state index in [1.54, 1.807) is 30.3 Å². The zero-order chi connectivity index (χ0) is 25.0. The number of phenols is 2. The number of ether oxygens (including phenoxy) is 3. The summed E-state index contributed by atoms with van der Waals surface area (Å²) in [6.45, 7) is 4.22. The van der Waals surface area contributed by atoms with Crippen molar-refractivity contribution >= 4 is 10.0 Å². The average molecular weight is 486 g/mol. The van der Waals surface area contributed by atoms with Crippen molar-refractivity contribution in [1.29, 1.82) is 0 Å². The van der Waals surface area contributed by atoms with Gasteiger partial charge in [0.05, 0.1) is 24.7 Å². The molecule has 0 saturated carbocycles. The second-order valence-electron chi connectivity index (χ2n) is 7.73. The normalized spacial score (nSPS) is 11.1. The summed E-state index contributed by atoms with van der Waals surface area (Å²) in [7, 11) is -0.980. The molecule has 0 bridgehead atoms. The van der Waals surface area contributed by atoms with Gasteiger partial charge < -0.3 is 24.4 Å². The number of hydrogen-bond donors (Lipinski definition) is 3. The molecule has 0 aromatic heterocycles. The van der Waals surface area contributed by atoms with Crippen LogP contribution in [0.1, 0.15) is 13.8 Å². The highest BCUT2D eigenvalue weighted by atomic mass is 32.2. The van der Waals surface area contributed by atoms with Crippen LogP contribution in [0.2, 0.25) is 0 Å². The minimum Gasteiger partial charge on any atom is -0.504 e. The Bertz CT molecular complexity index is 1330. The lowest BCUT2D eigenvalue weighted by Gasteiger charge is -2.18. The third-order valence-corrected chi connectivity index (χ3v) is 6.04. The van der Waals surface area contributed by atoms with Gasteiger partial charge >= 0.3 is 0 Å². The molecule has 0 heterocycles. The quantitative estimate of drug-likeness (QED) is 0.402. The molecule has 0 amide bonds. The monoisotopic (exact) mass is 485 g/mol. The van der Waals surface area contributed by atoms with Crippen LogP contribution >= 0.6 is 0 Å². The molecule has 0 fully saturated rings. The van der Waals surface area contributed by atoms with E-state index in [1.165, 1.54) is 32.4 Å². The highest BCUT2D eigenvalue weighted by Crippen LogP contribution is 2.50. The zero-order valence-electron chi connectivity index (χ0n) is 19.3. The molecule has 8 nitrogen and oxygen atoms in total. The van der Waals surface area contributed by atoms with Crippen molar-refractivity contribution in [1.82, 2.24) is 0 Å². The molecule has 0 aliphatic carbocycles. The number of sulfonamides is 1. The van der Waals surface area contributed by atoms with Crippen LogP contribution in [0.15, 0.2) is 65.1 Å². The van der Waals surface area contributed by atoms with Crippen LogP contribution in [0.3, 0.4) is 0 Å². The van der Waals surface area contributed by atoms with Gasteiger partial charge in [-0.05, 0) is 61.4 Å². The Balaban J connectivity index is 2.08. The molecule has 0 unspecified atom stereocenters. The molecule has 4 N–H and O–H groups in total. The summed E-state index contributed by atoms with van der Waals surface area (Å²) < 4.78 is 39.7. The first-order valence-corrected chi connectivity index (χ1v) is 11.8. The van der Waals surface area contributed by atoms with E-state index in [1.807, 2.05) is 19.9 Å². The Morgan fingerprint density at radius 1 is 0.941 bits per heavy atom. The highest BCUT2D eigenvalue weighted by molar-refractivity contribution is 7.89. The maximum Gasteiger partial charge on any atom is 0.238 e. The van der Waals surface area contributed by atoms with Crippen LogP contribution in [0.5, 0.6) is 28.7 Å². The number of benzene rings is 3. The van der Waals surface area contributed by atoms with E-state index < -0.39 is 10.0 Å². The summed E-state index contributed by atoms with van der Waals surface area (Å²) >= 11 is 0. The number of hydrogen-bond acceptors (Lipinski definition) is 7. The summed E-state index contributed by atoms with van der Waals surface area (Å²) in [4.78, 5) is -0.0367. The molecule has 180 valence electrons. The van der Waals surface area contributed by atoms with E-state index in [0.717, 1.165) is 5.57 Å². The van der Waals surface area contributed by atoms with E-state index in [2.05, 4.69) is 0 Å². The van der Waals surface area contributed by atoms with Crippen LogP contribution < -0.4 is 19.3 Å². The van der Waals surface area contributed by atoms with Gasteiger partial charge in [-0.15, -0.1) is 0 Å². The Morgan fingerprint density at radius 3 is 2.12 bits per heavy atom. The topological polar surface area (TPSA) is 128 Å². The number of aromatic hydroxyl groups is 2. The lowest BCUT2D eigenvalue weighted by Crippen LogP contribution is -2.11. The summed E-state index contributed by atoms with van der Waals surface area (Å²) in [6.07, 6.45) is 1.89. The molecule has 3 aromatic carbocycles. The zero-order valence-corrected chi connectivity index (χ0v) is 20.1. The maximum atomic E-state index is 11.6. The van der Waals surface area contributed by atoms with E-state index in [4.69, 9.17) is 19.3 Å². The Kier molecular flexibility index (Phi) is 7.38. The highest BCUT2D eigenvalue weighted by Gasteiger charge is 2.23. The van der Waals surface area contributed by atoms with Gasteiger partial charge in [0.25, 0.3) is 0 Å². The van der Waals surface area contributed by atoms with Gasteiger partial charge in [-0.3, -0.25) is 0 Å². The van der Waals surface area contributed by atoms with Crippen LogP contribution in [0.4, 0.5) is 0 Å². The van der Waals surface area contributed by atoms with Crippen LogP contribution in [0.25, 0.3) is 22.3 Å². The van der Waals surface area contributed by atoms with E-state index in [9.17, 15) is 18.6 Å². The first kappa shape index (κ1) is 24.9. The van der Waals surface area contributed by atoms with Crippen molar-refractivity contribution in [2.75, 3.05) is 20.8 Å². The summed E-state index contributed by atoms with van der Waals surface area (Å²) in [5.41, 5.74) is 2.95. The van der Waals surface area contributed by atoms with Crippen LogP contribution in [-0.2, 0) is 10.0 Å². The molecule has 0 aliphatic rings. The average Bonchev–Trinajstić information content (AvgIpc) is 2.78. The fraction of sp³-hybridized carbons (Fsp3) is 0.200. The largest absolute Gasteiger partial charge is 0.504 e. The first-order chi connectivity index (χ1) is 16.1. The Labute approximate surface area is 198 Å². The van der Waals surface area contributed by atoms with Crippen molar-refractivity contribution in [2.24, 2.45) is 5.14 Å². The SMILES string of the molecule is COc1cc(-c2ccc(S(N)(=O)=O)cc2)c(OC)c(O)c1-c1ccc(OCC=C(C)C)c(O)c1. The Hall–Kier alpha value is -3.69. The molecule has 0 radical (unpaired) electrons. The predicted octanol–water partition coefficient (Wildman–Crippen LogP) is 4.44. The van der Waals surface area contributed by atoms with E-state index in [-0.39, 0.29) is 22.1 Å². The van der Waals surface area contributed by atoms with Crippen molar-refractivity contribution in [2.45, 2.75) is 18.7 Å². The van der Waals surface area contributed by atoms with Crippen molar-refractivity contribution in [3.05, 3.63) is 60.2 Å².